The molecular weight excluding hydrogens is 524 g/mol. The van der Waals surface area contributed by atoms with E-state index in [9.17, 15) is 9.59 Å². The van der Waals surface area contributed by atoms with E-state index in [0.717, 1.165) is 18.4 Å². The maximum absolute atomic E-state index is 13.8. The van der Waals surface area contributed by atoms with E-state index < -0.39 is 12.0 Å². The molecule has 0 unspecified atom stereocenters. The Kier molecular flexibility index (Phi) is 9.07. The summed E-state index contributed by atoms with van der Waals surface area (Å²) in [5, 5.41) is 0.448. The molecule has 1 aliphatic heterocycles. The van der Waals surface area contributed by atoms with Crippen molar-refractivity contribution in [3.8, 4) is 11.5 Å². The van der Waals surface area contributed by atoms with E-state index in [-0.39, 0.29) is 12.2 Å². The van der Waals surface area contributed by atoms with Crippen LogP contribution >= 0.6 is 22.9 Å². The van der Waals surface area contributed by atoms with Gasteiger partial charge in [-0.1, -0.05) is 60.5 Å². The minimum Gasteiger partial charge on any atom is -0.490 e. The van der Waals surface area contributed by atoms with Gasteiger partial charge in [-0.15, -0.1) is 0 Å². The van der Waals surface area contributed by atoms with Gasteiger partial charge in [-0.05, 0) is 62.6 Å². The molecule has 0 N–H and O–H groups in total. The highest BCUT2D eigenvalue weighted by Gasteiger charge is 2.34. The van der Waals surface area contributed by atoms with E-state index >= 15 is 0 Å². The van der Waals surface area contributed by atoms with Gasteiger partial charge < -0.3 is 14.2 Å². The van der Waals surface area contributed by atoms with Crippen molar-refractivity contribution in [3.63, 3.8) is 0 Å². The second-order valence-corrected chi connectivity index (χ2v) is 10.1. The largest absolute Gasteiger partial charge is 0.490 e. The Balaban J connectivity index is 1.85. The molecule has 2 aromatic carbocycles. The van der Waals surface area contributed by atoms with Crippen LogP contribution in [0.3, 0.4) is 0 Å². The second-order valence-electron chi connectivity index (χ2n) is 8.66. The molecule has 1 aliphatic rings. The van der Waals surface area contributed by atoms with E-state index in [0.29, 0.717) is 55.9 Å². The topological polar surface area (TPSA) is 79.1 Å². The van der Waals surface area contributed by atoms with Crippen LogP contribution < -0.4 is 24.4 Å². The van der Waals surface area contributed by atoms with Crippen LogP contribution in [0.15, 0.2) is 63.5 Å². The zero-order valence-corrected chi connectivity index (χ0v) is 23.5. The van der Waals surface area contributed by atoms with Crippen molar-refractivity contribution >= 4 is 35.0 Å². The standard InChI is InChI=1S/C29H31ClN2O5S/c1-5-8-15-37-22-14-13-19(16-23(22)35-6-2)17-24-27(33)32-26(20-11-9-10-12-21(20)30)25(28(34)36-7-3)18(4)31-29(32)38-24/h9-14,16-17,26H,5-8,15H2,1-4H3/b24-17+/t26-/m0/s1. The predicted octanol–water partition coefficient (Wildman–Crippen LogP) is 5.03. The van der Waals surface area contributed by atoms with Gasteiger partial charge in [0.2, 0.25) is 0 Å². The number of halogens is 1. The van der Waals surface area contributed by atoms with Crippen LogP contribution in [0.25, 0.3) is 6.08 Å². The molecule has 0 fully saturated rings. The Morgan fingerprint density at radius 1 is 1.11 bits per heavy atom. The summed E-state index contributed by atoms with van der Waals surface area (Å²) in [6.45, 7) is 8.82. The number of hydrogen-bond donors (Lipinski definition) is 0. The lowest BCUT2D eigenvalue weighted by Gasteiger charge is -2.25. The van der Waals surface area contributed by atoms with E-state index in [1.54, 1.807) is 26.0 Å². The number of esters is 1. The molecule has 0 amide bonds. The summed E-state index contributed by atoms with van der Waals surface area (Å²) in [7, 11) is 0. The molecule has 3 aromatic rings. The molecule has 0 saturated carbocycles. The molecule has 0 spiro atoms. The number of ether oxygens (including phenoxy) is 3. The molecule has 1 aromatic heterocycles. The number of allylic oxidation sites excluding steroid dienone is 1. The Hall–Kier alpha value is -3.36. The minimum atomic E-state index is -0.755. The van der Waals surface area contributed by atoms with E-state index in [1.165, 1.54) is 15.9 Å². The number of carbonyl (C=O) groups is 1. The van der Waals surface area contributed by atoms with Crippen molar-refractivity contribution in [1.29, 1.82) is 0 Å². The number of fused-ring (bicyclic) bond motifs is 1. The van der Waals surface area contributed by atoms with Crippen LogP contribution in [0.4, 0.5) is 0 Å². The number of hydrogen-bond acceptors (Lipinski definition) is 7. The number of rotatable bonds is 10. The van der Waals surface area contributed by atoms with Crippen LogP contribution in [-0.2, 0) is 9.53 Å². The summed E-state index contributed by atoms with van der Waals surface area (Å²) in [6.07, 6.45) is 3.79. The molecule has 9 heteroatoms. The molecule has 2 heterocycles. The smallest absolute Gasteiger partial charge is 0.338 e. The van der Waals surface area contributed by atoms with Crippen LogP contribution in [0, 0.1) is 0 Å². The van der Waals surface area contributed by atoms with Gasteiger partial charge in [0.05, 0.1) is 35.6 Å². The number of carbonyl (C=O) groups excluding carboxylic acids is 1. The quantitative estimate of drug-likeness (QED) is 0.259. The lowest BCUT2D eigenvalue weighted by Crippen LogP contribution is -2.40. The summed E-state index contributed by atoms with van der Waals surface area (Å²) in [5.74, 6) is 0.778. The molecule has 0 saturated heterocycles. The molecule has 0 aliphatic carbocycles. The average Bonchev–Trinajstić information content (AvgIpc) is 3.19. The lowest BCUT2D eigenvalue weighted by molar-refractivity contribution is -0.139. The monoisotopic (exact) mass is 554 g/mol. The Morgan fingerprint density at radius 2 is 1.89 bits per heavy atom. The van der Waals surface area contributed by atoms with Gasteiger partial charge in [0.25, 0.3) is 5.56 Å². The number of benzene rings is 2. The van der Waals surface area contributed by atoms with Gasteiger partial charge in [0.15, 0.2) is 16.3 Å². The summed E-state index contributed by atoms with van der Waals surface area (Å²) in [6, 6.07) is 12.1. The number of nitrogens with zero attached hydrogens (tertiary/aromatic N) is 2. The number of thiazole rings is 1. The summed E-state index contributed by atoms with van der Waals surface area (Å²) < 4.78 is 19.0. The first-order chi connectivity index (χ1) is 18.4. The van der Waals surface area contributed by atoms with E-state index in [4.69, 9.17) is 25.8 Å². The zero-order chi connectivity index (χ0) is 27.2. The highest BCUT2D eigenvalue weighted by atomic mass is 35.5. The fourth-order valence-corrected chi connectivity index (χ4v) is 5.55. The van der Waals surface area contributed by atoms with Crippen molar-refractivity contribution in [2.24, 2.45) is 4.99 Å². The van der Waals surface area contributed by atoms with E-state index in [1.807, 2.05) is 43.3 Å². The Bertz CT molecular complexity index is 1540. The highest BCUT2D eigenvalue weighted by molar-refractivity contribution is 7.07. The van der Waals surface area contributed by atoms with Crippen molar-refractivity contribution in [3.05, 3.63) is 89.6 Å². The first kappa shape index (κ1) is 27.7. The highest BCUT2D eigenvalue weighted by Crippen LogP contribution is 2.34. The average molecular weight is 555 g/mol. The van der Waals surface area contributed by atoms with Gasteiger partial charge in [-0.25, -0.2) is 9.79 Å². The molecule has 1 atom stereocenters. The van der Waals surface area contributed by atoms with Crippen molar-refractivity contribution in [2.75, 3.05) is 19.8 Å². The molecule has 4 rings (SSSR count). The lowest BCUT2D eigenvalue weighted by atomic mass is 9.96. The zero-order valence-electron chi connectivity index (χ0n) is 22.0. The van der Waals surface area contributed by atoms with Crippen LogP contribution in [0.5, 0.6) is 11.5 Å². The first-order valence-corrected chi connectivity index (χ1v) is 13.9. The van der Waals surface area contributed by atoms with Gasteiger partial charge >= 0.3 is 5.97 Å². The van der Waals surface area contributed by atoms with Crippen molar-refractivity contribution < 1.29 is 19.0 Å². The van der Waals surface area contributed by atoms with E-state index in [2.05, 4.69) is 11.9 Å². The van der Waals surface area contributed by atoms with Gasteiger partial charge in [0.1, 0.15) is 6.04 Å². The summed E-state index contributed by atoms with van der Waals surface area (Å²) >= 11 is 7.82. The first-order valence-electron chi connectivity index (χ1n) is 12.7. The third-order valence-electron chi connectivity index (χ3n) is 6.04. The summed E-state index contributed by atoms with van der Waals surface area (Å²) in [4.78, 5) is 31.9. The fraction of sp³-hybridized carbons (Fsp3) is 0.345. The van der Waals surface area contributed by atoms with Crippen molar-refractivity contribution in [2.45, 2.75) is 46.6 Å². The normalized spacial score (nSPS) is 15.2. The van der Waals surface area contributed by atoms with Gasteiger partial charge in [-0.2, -0.15) is 0 Å². The third kappa shape index (κ3) is 5.71. The Morgan fingerprint density at radius 3 is 2.61 bits per heavy atom. The summed E-state index contributed by atoms with van der Waals surface area (Å²) in [5.41, 5.74) is 1.94. The third-order valence-corrected chi connectivity index (χ3v) is 7.36. The molecule has 38 heavy (non-hydrogen) atoms. The molecule has 200 valence electrons. The number of unbranched alkanes of at least 4 members (excludes halogenated alkanes) is 1. The minimum absolute atomic E-state index is 0.204. The number of aromatic nitrogens is 1. The predicted molar refractivity (Wildman–Crippen MR) is 150 cm³/mol. The fourth-order valence-electron chi connectivity index (χ4n) is 4.26. The van der Waals surface area contributed by atoms with Crippen LogP contribution in [-0.4, -0.2) is 30.4 Å². The maximum atomic E-state index is 13.8. The second kappa shape index (κ2) is 12.5. The van der Waals surface area contributed by atoms with Crippen molar-refractivity contribution in [1.82, 2.24) is 4.57 Å². The molecule has 0 radical (unpaired) electrons. The van der Waals surface area contributed by atoms with Gasteiger partial charge in [-0.3, -0.25) is 9.36 Å². The van der Waals surface area contributed by atoms with Crippen LogP contribution in [0.2, 0.25) is 5.02 Å². The molecule has 7 nitrogen and oxygen atoms in total. The molecular formula is C29H31ClN2O5S. The SMILES string of the molecule is CCCCOc1ccc(/C=c2/sc3n(c2=O)[C@@H](c2ccccc2Cl)C(C(=O)OCC)=C(C)N=3)cc1OCC. The van der Waals surface area contributed by atoms with Gasteiger partial charge in [0, 0.05) is 5.02 Å². The molecule has 0 bridgehead atoms. The Labute approximate surface area is 230 Å². The maximum Gasteiger partial charge on any atom is 0.338 e. The van der Waals surface area contributed by atoms with Crippen LogP contribution in [0.1, 0.15) is 57.7 Å².